The molecule has 12 heavy (non-hydrogen) atoms. The van der Waals surface area contributed by atoms with Crippen LogP contribution in [0.3, 0.4) is 0 Å². The van der Waals surface area contributed by atoms with E-state index in [1.807, 2.05) is 0 Å². The van der Waals surface area contributed by atoms with Crippen molar-refractivity contribution in [3.05, 3.63) is 18.2 Å². The number of halogens is 1. The topological polar surface area (TPSA) is 80.4 Å². The molecular weight excluding hydrogens is 202 g/mol. The summed E-state index contributed by atoms with van der Waals surface area (Å²) in [5.74, 6) is -0.295. The third kappa shape index (κ3) is 1.80. The lowest BCUT2D eigenvalue weighted by atomic mass is 10.3. The second-order valence-corrected chi connectivity index (χ2v) is 4.72. The molecule has 0 fully saturated rings. The van der Waals surface area contributed by atoms with Gasteiger partial charge in [-0.05, 0) is 12.1 Å². The van der Waals surface area contributed by atoms with Gasteiger partial charge in [-0.3, -0.25) is 0 Å². The highest BCUT2D eigenvalue weighted by atomic mass is 35.7. The van der Waals surface area contributed by atoms with Crippen molar-refractivity contribution in [3.8, 4) is 5.75 Å². The number of hydrogen-bond acceptors (Lipinski definition) is 4. The molecule has 0 aromatic heterocycles. The van der Waals surface area contributed by atoms with Crippen molar-refractivity contribution in [2.75, 3.05) is 5.73 Å². The monoisotopic (exact) mass is 207 g/mol. The quantitative estimate of drug-likeness (QED) is 0.407. The number of phenols is 1. The molecule has 1 aromatic rings. The summed E-state index contributed by atoms with van der Waals surface area (Å²) in [6, 6.07) is 3.49. The number of rotatable bonds is 1. The Balaban J connectivity index is 3.33. The van der Waals surface area contributed by atoms with Crippen molar-refractivity contribution in [1.29, 1.82) is 0 Å². The lowest BCUT2D eigenvalue weighted by molar-refractivity contribution is 0.476. The number of nitrogen functional groups attached to an aromatic ring is 1. The molecule has 4 nitrogen and oxygen atoms in total. The zero-order chi connectivity index (χ0) is 9.35. The van der Waals surface area contributed by atoms with E-state index < -0.39 is 9.05 Å². The molecule has 0 aliphatic carbocycles. The minimum atomic E-state index is -3.79. The Hall–Kier alpha value is -0.940. The van der Waals surface area contributed by atoms with Gasteiger partial charge in [-0.1, -0.05) is 0 Å². The van der Waals surface area contributed by atoms with Gasteiger partial charge in [0.25, 0.3) is 9.05 Å². The van der Waals surface area contributed by atoms with Gasteiger partial charge in [0.1, 0.15) is 5.75 Å². The predicted molar refractivity (Wildman–Crippen MR) is 45.6 cm³/mol. The first-order valence-corrected chi connectivity index (χ1v) is 5.25. The third-order valence-electron chi connectivity index (χ3n) is 1.28. The fraction of sp³-hybridized carbons (Fsp3) is 0. The molecule has 0 saturated heterocycles. The van der Waals surface area contributed by atoms with Crippen LogP contribution in [0.5, 0.6) is 5.75 Å². The van der Waals surface area contributed by atoms with Crippen molar-refractivity contribution >= 4 is 25.4 Å². The molecule has 3 N–H and O–H groups in total. The number of benzene rings is 1. The van der Waals surface area contributed by atoms with Crippen LogP contribution in [0.1, 0.15) is 0 Å². The average molecular weight is 208 g/mol. The zero-order valence-corrected chi connectivity index (χ0v) is 7.43. The van der Waals surface area contributed by atoms with Crippen LogP contribution in [0.2, 0.25) is 0 Å². The van der Waals surface area contributed by atoms with Crippen molar-refractivity contribution < 1.29 is 13.5 Å². The fourth-order valence-electron chi connectivity index (χ4n) is 0.675. The Morgan fingerprint density at radius 2 is 2.00 bits per heavy atom. The molecule has 0 unspecified atom stereocenters. The third-order valence-corrected chi connectivity index (χ3v) is 2.63. The van der Waals surface area contributed by atoms with Crippen molar-refractivity contribution in [2.24, 2.45) is 0 Å². The SMILES string of the molecule is Nc1ccc(S(=O)(=O)Cl)cc1O. The van der Waals surface area contributed by atoms with Crippen LogP contribution in [0.15, 0.2) is 23.1 Å². The lowest BCUT2D eigenvalue weighted by Crippen LogP contribution is -1.92. The van der Waals surface area contributed by atoms with E-state index in [-0.39, 0.29) is 16.3 Å². The van der Waals surface area contributed by atoms with Crippen LogP contribution in [0.4, 0.5) is 5.69 Å². The van der Waals surface area contributed by atoms with E-state index >= 15 is 0 Å². The maximum absolute atomic E-state index is 10.7. The zero-order valence-electron chi connectivity index (χ0n) is 5.86. The number of phenolic OH excluding ortho intramolecular Hbond substituents is 1. The van der Waals surface area contributed by atoms with E-state index in [4.69, 9.17) is 21.5 Å². The summed E-state index contributed by atoms with van der Waals surface area (Å²) in [6.07, 6.45) is 0. The number of aromatic hydroxyl groups is 1. The maximum Gasteiger partial charge on any atom is 0.261 e. The summed E-state index contributed by atoms with van der Waals surface area (Å²) in [6.45, 7) is 0. The van der Waals surface area contributed by atoms with E-state index in [9.17, 15) is 8.42 Å². The van der Waals surface area contributed by atoms with Crippen LogP contribution in [-0.4, -0.2) is 13.5 Å². The van der Waals surface area contributed by atoms with Crippen LogP contribution >= 0.6 is 10.7 Å². The molecule has 0 saturated carbocycles. The standard InChI is InChI=1S/C6H6ClNO3S/c7-12(10,11)4-1-2-5(8)6(9)3-4/h1-3,9H,8H2. The summed E-state index contributed by atoms with van der Waals surface area (Å²) in [4.78, 5) is -0.170. The number of anilines is 1. The molecule has 0 radical (unpaired) electrons. The summed E-state index contributed by atoms with van der Waals surface area (Å²) in [7, 11) is 1.22. The first kappa shape index (κ1) is 9.15. The lowest BCUT2D eigenvalue weighted by Gasteiger charge is -1.99. The van der Waals surface area contributed by atoms with Crippen LogP contribution in [0, 0.1) is 0 Å². The molecular formula is C6H6ClNO3S. The fourth-order valence-corrected chi connectivity index (χ4v) is 1.45. The first-order chi connectivity index (χ1) is 5.41. The van der Waals surface area contributed by atoms with Gasteiger partial charge >= 0.3 is 0 Å². The van der Waals surface area contributed by atoms with E-state index in [1.54, 1.807) is 0 Å². The second-order valence-electron chi connectivity index (χ2n) is 2.16. The summed E-state index contributed by atoms with van der Waals surface area (Å²) in [5.41, 5.74) is 5.35. The van der Waals surface area contributed by atoms with Gasteiger partial charge in [-0.2, -0.15) is 0 Å². The highest BCUT2D eigenvalue weighted by Crippen LogP contribution is 2.25. The van der Waals surface area contributed by atoms with Gasteiger partial charge in [0.2, 0.25) is 0 Å². The van der Waals surface area contributed by atoms with Gasteiger partial charge in [-0.25, -0.2) is 8.42 Å². The molecule has 0 heterocycles. The predicted octanol–water partition coefficient (Wildman–Crippen LogP) is 0.902. The molecule has 0 spiro atoms. The average Bonchev–Trinajstić information content (AvgIpc) is 1.92. The van der Waals surface area contributed by atoms with Gasteiger partial charge in [0.15, 0.2) is 0 Å². The molecule has 0 bridgehead atoms. The van der Waals surface area contributed by atoms with Crippen LogP contribution in [0.25, 0.3) is 0 Å². The normalized spacial score (nSPS) is 11.4. The number of nitrogens with two attached hydrogens (primary N) is 1. The molecule has 1 rings (SSSR count). The van der Waals surface area contributed by atoms with Crippen LogP contribution in [-0.2, 0) is 9.05 Å². The highest BCUT2D eigenvalue weighted by molar-refractivity contribution is 8.13. The van der Waals surface area contributed by atoms with Gasteiger partial charge in [-0.15, -0.1) is 0 Å². The van der Waals surface area contributed by atoms with Crippen molar-refractivity contribution in [1.82, 2.24) is 0 Å². The molecule has 66 valence electrons. The van der Waals surface area contributed by atoms with E-state index in [2.05, 4.69) is 0 Å². The summed E-state index contributed by atoms with van der Waals surface area (Å²) in [5, 5.41) is 9.02. The molecule has 0 aliphatic heterocycles. The van der Waals surface area contributed by atoms with E-state index in [1.165, 1.54) is 12.1 Å². The Labute approximate surface area is 74.0 Å². The Morgan fingerprint density at radius 3 is 2.42 bits per heavy atom. The van der Waals surface area contributed by atoms with Gasteiger partial charge in [0.05, 0.1) is 10.6 Å². The smallest absolute Gasteiger partial charge is 0.261 e. The largest absolute Gasteiger partial charge is 0.506 e. The van der Waals surface area contributed by atoms with Gasteiger partial charge in [0, 0.05) is 16.7 Å². The summed E-state index contributed by atoms with van der Waals surface area (Å²) < 4.78 is 21.4. The van der Waals surface area contributed by atoms with E-state index in [0.717, 1.165) is 6.07 Å². The Kier molecular flexibility index (Phi) is 2.16. The molecule has 0 aliphatic rings. The van der Waals surface area contributed by atoms with E-state index in [0.29, 0.717) is 0 Å². The maximum atomic E-state index is 10.7. The molecule has 0 atom stereocenters. The molecule has 0 amide bonds. The second kappa shape index (κ2) is 2.84. The summed E-state index contributed by atoms with van der Waals surface area (Å²) >= 11 is 0. The van der Waals surface area contributed by atoms with Crippen molar-refractivity contribution in [3.63, 3.8) is 0 Å². The van der Waals surface area contributed by atoms with Crippen molar-refractivity contribution in [2.45, 2.75) is 4.90 Å². The highest BCUT2D eigenvalue weighted by Gasteiger charge is 2.11. The Morgan fingerprint density at radius 1 is 1.42 bits per heavy atom. The number of hydrogen-bond donors (Lipinski definition) is 2. The first-order valence-electron chi connectivity index (χ1n) is 2.94. The molecule has 6 heteroatoms. The van der Waals surface area contributed by atoms with Gasteiger partial charge < -0.3 is 10.8 Å². The minimum absolute atomic E-state index is 0.110. The minimum Gasteiger partial charge on any atom is -0.506 e. The van der Waals surface area contributed by atoms with Crippen LogP contribution < -0.4 is 5.73 Å². The Bertz CT molecular complexity index is 401. The molecule has 1 aromatic carbocycles.